The van der Waals surface area contributed by atoms with Crippen molar-refractivity contribution in [3.05, 3.63) is 77.2 Å². The van der Waals surface area contributed by atoms with Crippen LogP contribution in [0.2, 0.25) is 0 Å². The van der Waals surface area contributed by atoms with E-state index in [1.807, 2.05) is 12.1 Å². The second-order valence-corrected chi connectivity index (χ2v) is 6.29. The number of hydrogen-bond donors (Lipinski definition) is 2. The van der Waals surface area contributed by atoms with E-state index in [1.165, 1.54) is 23.3 Å². The van der Waals surface area contributed by atoms with Crippen molar-refractivity contribution in [2.45, 2.75) is 25.3 Å². The first-order valence-electron chi connectivity index (χ1n) is 8.41. The molecule has 1 atom stereocenters. The molecule has 0 spiro atoms. The molecule has 0 bridgehead atoms. The summed E-state index contributed by atoms with van der Waals surface area (Å²) in [7, 11) is 0. The first-order chi connectivity index (χ1) is 12.2. The van der Waals surface area contributed by atoms with Gasteiger partial charge in [0.2, 0.25) is 0 Å². The van der Waals surface area contributed by atoms with Gasteiger partial charge in [-0.2, -0.15) is 5.10 Å². The van der Waals surface area contributed by atoms with Gasteiger partial charge >= 0.3 is 0 Å². The zero-order valence-electron chi connectivity index (χ0n) is 13.6. The summed E-state index contributed by atoms with van der Waals surface area (Å²) in [5.74, 6) is -0.476. The third kappa shape index (κ3) is 3.18. The molecule has 0 fully saturated rings. The Balaban J connectivity index is 1.52. The van der Waals surface area contributed by atoms with Crippen LogP contribution >= 0.6 is 0 Å². The third-order valence-corrected chi connectivity index (χ3v) is 4.64. The number of nitrogens with zero attached hydrogens (tertiary/aromatic N) is 1. The Morgan fingerprint density at radius 1 is 1.16 bits per heavy atom. The summed E-state index contributed by atoms with van der Waals surface area (Å²) in [5, 5.41) is 10.0. The second kappa shape index (κ2) is 6.51. The van der Waals surface area contributed by atoms with Gasteiger partial charge < -0.3 is 5.32 Å². The molecular formula is C20H18FN3O. The number of carbonyl (C=O) groups excluding carboxylic acids is 1. The molecule has 2 aromatic carbocycles. The van der Waals surface area contributed by atoms with Crippen LogP contribution in [0, 0.1) is 5.82 Å². The van der Waals surface area contributed by atoms with Crippen LogP contribution in [0.15, 0.2) is 54.6 Å². The molecule has 4 rings (SSSR count). The molecule has 0 aliphatic heterocycles. The molecule has 1 amide bonds. The van der Waals surface area contributed by atoms with E-state index in [2.05, 4.69) is 27.6 Å². The number of aryl methyl sites for hydroxylation is 1. The molecule has 1 aliphatic rings. The first kappa shape index (κ1) is 15.6. The quantitative estimate of drug-likeness (QED) is 0.759. The average Bonchev–Trinajstić information content (AvgIpc) is 3.13. The van der Waals surface area contributed by atoms with Gasteiger partial charge in [-0.15, -0.1) is 0 Å². The lowest BCUT2D eigenvalue weighted by Gasteiger charge is -2.26. The number of aromatic nitrogens is 2. The maximum atomic E-state index is 13.0. The molecule has 2 N–H and O–H groups in total. The number of benzene rings is 2. The van der Waals surface area contributed by atoms with Crippen molar-refractivity contribution in [3.8, 4) is 11.3 Å². The largest absolute Gasteiger partial charge is 0.344 e. The topological polar surface area (TPSA) is 57.8 Å². The molecule has 1 aliphatic carbocycles. The molecule has 0 saturated carbocycles. The average molecular weight is 335 g/mol. The molecular weight excluding hydrogens is 317 g/mol. The van der Waals surface area contributed by atoms with Gasteiger partial charge in [-0.05, 0) is 60.7 Å². The predicted molar refractivity (Wildman–Crippen MR) is 93.6 cm³/mol. The molecule has 4 nitrogen and oxygen atoms in total. The van der Waals surface area contributed by atoms with Gasteiger partial charge in [0.15, 0.2) is 0 Å². The van der Waals surface area contributed by atoms with Crippen molar-refractivity contribution in [2.75, 3.05) is 0 Å². The minimum atomic E-state index is -0.298. The maximum absolute atomic E-state index is 13.0. The number of halogens is 1. The summed E-state index contributed by atoms with van der Waals surface area (Å²) >= 11 is 0. The van der Waals surface area contributed by atoms with Gasteiger partial charge in [0, 0.05) is 5.56 Å². The van der Waals surface area contributed by atoms with Crippen LogP contribution in [0.4, 0.5) is 4.39 Å². The molecule has 1 unspecified atom stereocenters. The molecule has 3 aromatic rings. The summed E-state index contributed by atoms with van der Waals surface area (Å²) in [6.07, 6.45) is 3.05. The lowest BCUT2D eigenvalue weighted by Crippen LogP contribution is -2.31. The molecule has 1 aromatic heterocycles. The zero-order chi connectivity index (χ0) is 17.2. The van der Waals surface area contributed by atoms with Crippen LogP contribution < -0.4 is 5.32 Å². The Kier molecular flexibility index (Phi) is 4.06. The van der Waals surface area contributed by atoms with Crippen LogP contribution in [-0.4, -0.2) is 16.1 Å². The minimum absolute atomic E-state index is 0.0232. The van der Waals surface area contributed by atoms with E-state index in [9.17, 15) is 9.18 Å². The third-order valence-electron chi connectivity index (χ3n) is 4.64. The smallest absolute Gasteiger partial charge is 0.269 e. The van der Waals surface area contributed by atoms with Crippen LogP contribution in [0.25, 0.3) is 11.3 Å². The number of nitrogens with one attached hydrogen (secondary N) is 2. The summed E-state index contributed by atoms with van der Waals surface area (Å²) in [4.78, 5) is 12.6. The zero-order valence-corrected chi connectivity index (χ0v) is 13.6. The normalized spacial score (nSPS) is 16.3. The van der Waals surface area contributed by atoms with Crippen LogP contribution in [0.3, 0.4) is 0 Å². The van der Waals surface area contributed by atoms with Crippen molar-refractivity contribution in [3.63, 3.8) is 0 Å². The molecule has 126 valence electrons. The minimum Gasteiger partial charge on any atom is -0.344 e. The van der Waals surface area contributed by atoms with Gasteiger partial charge in [-0.3, -0.25) is 9.89 Å². The van der Waals surface area contributed by atoms with E-state index < -0.39 is 0 Å². The molecule has 1 heterocycles. The summed E-state index contributed by atoms with van der Waals surface area (Å²) in [6, 6.07) is 16.0. The van der Waals surface area contributed by atoms with Crippen LogP contribution in [0.1, 0.15) is 40.5 Å². The molecule has 0 radical (unpaired) electrons. The lowest BCUT2D eigenvalue weighted by molar-refractivity contribution is 0.0927. The fourth-order valence-corrected chi connectivity index (χ4v) is 3.35. The monoisotopic (exact) mass is 335 g/mol. The van der Waals surface area contributed by atoms with Gasteiger partial charge in [0.05, 0.1) is 11.7 Å². The highest BCUT2D eigenvalue weighted by molar-refractivity contribution is 5.93. The Morgan fingerprint density at radius 3 is 2.80 bits per heavy atom. The van der Waals surface area contributed by atoms with Crippen molar-refractivity contribution >= 4 is 5.91 Å². The van der Waals surface area contributed by atoms with Crippen LogP contribution in [0.5, 0.6) is 0 Å². The number of carbonyl (C=O) groups is 1. The first-order valence-corrected chi connectivity index (χ1v) is 8.41. The fourth-order valence-electron chi connectivity index (χ4n) is 3.35. The second-order valence-electron chi connectivity index (χ2n) is 6.29. The highest BCUT2D eigenvalue weighted by Gasteiger charge is 2.22. The SMILES string of the molecule is O=C(NC1CCCc2ccccc21)c1cc(-c2ccc(F)cc2)n[nH]1. The highest BCUT2D eigenvalue weighted by Crippen LogP contribution is 2.29. The van der Waals surface area contributed by atoms with Gasteiger partial charge in [-0.1, -0.05) is 24.3 Å². The predicted octanol–water partition coefficient (Wildman–Crippen LogP) is 4.02. The maximum Gasteiger partial charge on any atom is 0.269 e. The summed E-state index contributed by atoms with van der Waals surface area (Å²) < 4.78 is 13.0. The van der Waals surface area contributed by atoms with Gasteiger partial charge in [0.25, 0.3) is 5.91 Å². The Morgan fingerprint density at radius 2 is 1.96 bits per heavy atom. The van der Waals surface area contributed by atoms with E-state index in [0.717, 1.165) is 24.8 Å². The van der Waals surface area contributed by atoms with E-state index in [-0.39, 0.29) is 17.8 Å². The number of fused-ring (bicyclic) bond motifs is 1. The Bertz CT molecular complexity index is 901. The summed E-state index contributed by atoms with van der Waals surface area (Å²) in [6.45, 7) is 0. The highest BCUT2D eigenvalue weighted by atomic mass is 19.1. The standard InChI is InChI=1S/C20H18FN3O/c21-15-10-8-14(9-11-15)18-12-19(24-23-18)20(25)22-17-7-3-5-13-4-1-2-6-16(13)17/h1-2,4,6,8-12,17H,3,5,7H2,(H,22,25)(H,23,24). The Hall–Kier alpha value is -2.95. The van der Waals surface area contributed by atoms with Crippen molar-refractivity contribution in [2.24, 2.45) is 0 Å². The van der Waals surface area contributed by atoms with E-state index in [4.69, 9.17) is 0 Å². The van der Waals surface area contributed by atoms with E-state index >= 15 is 0 Å². The molecule has 5 heteroatoms. The number of aromatic amines is 1. The van der Waals surface area contributed by atoms with E-state index in [1.54, 1.807) is 18.2 Å². The van der Waals surface area contributed by atoms with E-state index in [0.29, 0.717) is 11.4 Å². The fraction of sp³-hybridized carbons (Fsp3) is 0.200. The van der Waals surface area contributed by atoms with Crippen molar-refractivity contribution < 1.29 is 9.18 Å². The number of rotatable bonds is 3. The number of H-pyrrole nitrogens is 1. The number of hydrogen-bond acceptors (Lipinski definition) is 2. The van der Waals surface area contributed by atoms with Gasteiger partial charge in [0.1, 0.15) is 11.5 Å². The molecule has 25 heavy (non-hydrogen) atoms. The van der Waals surface area contributed by atoms with Gasteiger partial charge in [-0.25, -0.2) is 4.39 Å². The Labute approximate surface area is 145 Å². The summed E-state index contributed by atoms with van der Waals surface area (Å²) in [5.41, 5.74) is 4.28. The van der Waals surface area contributed by atoms with Crippen LogP contribution in [-0.2, 0) is 6.42 Å². The number of amides is 1. The lowest BCUT2D eigenvalue weighted by atomic mass is 9.87. The van der Waals surface area contributed by atoms with Crippen molar-refractivity contribution in [1.29, 1.82) is 0 Å². The molecule has 0 saturated heterocycles. The van der Waals surface area contributed by atoms with Crippen molar-refractivity contribution in [1.82, 2.24) is 15.5 Å².